The molecule has 0 aliphatic heterocycles. The first kappa shape index (κ1) is 18.0. The van der Waals surface area contributed by atoms with E-state index in [-0.39, 0.29) is 0 Å². The number of benzene rings is 3. The quantitative estimate of drug-likeness (QED) is 0.358. The van der Waals surface area contributed by atoms with Gasteiger partial charge in [-0.15, -0.1) is 0 Å². The van der Waals surface area contributed by atoms with Crippen LogP contribution in [-0.2, 0) is 0 Å². The molecule has 4 rings (SSSR count). The standard InChI is InChI=1S/C24H26BrP/c25-20-26(24-18-10-11-19-24,21-12-4-1-5-13-21,22-14-6-2-7-15-22)23-16-8-3-9-17-23/h1-9,12-17,24H,10-11,18-20H2. The van der Waals surface area contributed by atoms with Crippen LogP contribution in [0.25, 0.3) is 0 Å². The van der Waals surface area contributed by atoms with Crippen LogP contribution in [0.2, 0.25) is 0 Å². The van der Waals surface area contributed by atoms with Crippen LogP contribution >= 0.6 is 22.5 Å². The average Bonchev–Trinajstić information content (AvgIpc) is 3.28. The Balaban J connectivity index is 2.17. The average molecular weight is 425 g/mol. The molecule has 1 fully saturated rings. The Morgan fingerprint density at radius 2 is 0.962 bits per heavy atom. The van der Waals surface area contributed by atoms with Gasteiger partial charge >= 0.3 is 166 Å². The van der Waals surface area contributed by atoms with Crippen molar-refractivity contribution in [2.75, 3.05) is 5.07 Å². The molecule has 0 unspecified atom stereocenters. The fraction of sp³-hybridized carbons (Fsp3) is 0.250. The van der Waals surface area contributed by atoms with Gasteiger partial charge in [0.2, 0.25) is 0 Å². The first-order valence-electron chi connectivity index (χ1n) is 9.56. The van der Waals surface area contributed by atoms with Crippen LogP contribution in [0.5, 0.6) is 0 Å². The second-order valence-corrected chi connectivity index (χ2v) is 14.2. The summed E-state index contributed by atoms with van der Waals surface area (Å²) in [4.78, 5) is 0. The molecule has 1 saturated carbocycles. The topological polar surface area (TPSA) is 0 Å². The molecule has 0 radical (unpaired) electrons. The Hall–Kier alpha value is -1.43. The van der Waals surface area contributed by atoms with Gasteiger partial charge in [0.1, 0.15) is 0 Å². The van der Waals surface area contributed by atoms with Gasteiger partial charge in [-0.05, 0) is 0 Å². The molecule has 1 aliphatic carbocycles. The van der Waals surface area contributed by atoms with Gasteiger partial charge in [0.05, 0.1) is 0 Å². The van der Waals surface area contributed by atoms with Crippen molar-refractivity contribution < 1.29 is 0 Å². The molecular formula is C24H26BrP. The van der Waals surface area contributed by atoms with Gasteiger partial charge in [-0.25, -0.2) is 0 Å². The first-order chi connectivity index (χ1) is 12.8. The number of hydrogen-bond donors (Lipinski definition) is 0. The summed E-state index contributed by atoms with van der Waals surface area (Å²) >= 11 is 4.11. The summed E-state index contributed by atoms with van der Waals surface area (Å²) in [6, 6.07) is 34.1. The van der Waals surface area contributed by atoms with E-state index in [1.165, 1.54) is 41.6 Å². The molecule has 26 heavy (non-hydrogen) atoms. The van der Waals surface area contributed by atoms with Crippen molar-refractivity contribution in [1.29, 1.82) is 0 Å². The van der Waals surface area contributed by atoms with Gasteiger partial charge in [-0.2, -0.15) is 0 Å². The minimum absolute atomic E-state index is 0.701. The Kier molecular flexibility index (Phi) is 5.04. The van der Waals surface area contributed by atoms with Crippen LogP contribution in [0.3, 0.4) is 0 Å². The van der Waals surface area contributed by atoms with E-state index >= 15 is 0 Å². The van der Waals surface area contributed by atoms with Crippen LogP contribution in [0.15, 0.2) is 91.0 Å². The summed E-state index contributed by atoms with van der Waals surface area (Å²) in [6.45, 7) is -2.61. The van der Waals surface area contributed by atoms with Crippen LogP contribution in [-0.4, -0.2) is 10.7 Å². The summed E-state index contributed by atoms with van der Waals surface area (Å²) in [5.41, 5.74) is 0.701. The molecule has 134 valence electrons. The second-order valence-electron chi connectivity index (χ2n) is 7.44. The molecule has 2 heteroatoms. The van der Waals surface area contributed by atoms with Gasteiger partial charge in [0.15, 0.2) is 0 Å². The predicted octanol–water partition coefficient (Wildman–Crippen LogP) is 5.81. The van der Waals surface area contributed by atoms with Crippen molar-refractivity contribution in [2.45, 2.75) is 31.3 Å². The third-order valence-electron chi connectivity index (χ3n) is 6.42. The van der Waals surface area contributed by atoms with Crippen molar-refractivity contribution >= 4 is 38.4 Å². The molecule has 0 saturated heterocycles. The molecule has 0 heterocycles. The maximum absolute atomic E-state index is 4.11. The Morgan fingerprint density at radius 1 is 0.615 bits per heavy atom. The third kappa shape index (κ3) is 2.44. The summed E-state index contributed by atoms with van der Waals surface area (Å²) in [6.07, 6.45) is 5.34. The van der Waals surface area contributed by atoms with E-state index in [2.05, 4.69) is 107 Å². The molecule has 0 amide bonds. The molecule has 1 aliphatic rings. The van der Waals surface area contributed by atoms with Gasteiger partial charge < -0.3 is 0 Å². The van der Waals surface area contributed by atoms with Crippen molar-refractivity contribution in [3.05, 3.63) is 91.0 Å². The van der Waals surface area contributed by atoms with E-state index in [1.807, 2.05) is 0 Å². The normalized spacial score (nSPS) is 16.9. The van der Waals surface area contributed by atoms with Gasteiger partial charge in [-0.1, -0.05) is 0 Å². The number of rotatable bonds is 5. The van der Waals surface area contributed by atoms with Crippen molar-refractivity contribution in [3.8, 4) is 0 Å². The second kappa shape index (κ2) is 7.29. The molecular weight excluding hydrogens is 399 g/mol. The zero-order valence-electron chi connectivity index (χ0n) is 15.1. The fourth-order valence-electron chi connectivity index (χ4n) is 5.16. The van der Waals surface area contributed by atoms with E-state index in [9.17, 15) is 0 Å². The van der Waals surface area contributed by atoms with E-state index in [0.717, 1.165) is 5.07 Å². The Bertz CT molecular complexity index is 740. The molecule has 3 aromatic carbocycles. The summed E-state index contributed by atoms with van der Waals surface area (Å²) in [5.74, 6) is 0. The first-order valence-corrected chi connectivity index (χ1v) is 13.2. The molecule has 0 aromatic heterocycles. The summed E-state index contributed by atoms with van der Waals surface area (Å²) < 4.78 is 0. The molecule has 0 N–H and O–H groups in total. The van der Waals surface area contributed by atoms with Crippen molar-refractivity contribution in [1.82, 2.24) is 0 Å². The summed E-state index contributed by atoms with van der Waals surface area (Å²) in [7, 11) is 0. The van der Waals surface area contributed by atoms with Crippen molar-refractivity contribution in [3.63, 3.8) is 0 Å². The zero-order valence-corrected chi connectivity index (χ0v) is 17.6. The van der Waals surface area contributed by atoms with Gasteiger partial charge in [0.25, 0.3) is 0 Å². The monoisotopic (exact) mass is 424 g/mol. The zero-order chi connectivity index (χ0) is 17.9. The van der Waals surface area contributed by atoms with Crippen LogP contribution in [0.1, 0.15) is 25.7 Å². The minimum atomic E-state index is -2.61. The molecule has 0 nitrogen and oxygen atoms in total. The summed E-state index contributed by atoms with van der Waals surface area (Å²) in [5, 5.41) is 5.60. The molecule has 0 atom stereocenters. The molecule has 0 bridgehead atoms. The van der Waals surface area contributed by atoms with Crippen molar-refractivity contribution in [2.24, 2.45) is 0 Å². The maximum atomic E-state index is 4.11. The van der Waals surface area contributed by atoms with Crippen LogP contribution in [0.4, 0.5) is 0 Å². The van der Waals surface area contributed by atoms with E-state index in [1.54, 1.807) is 0 Å². The molecule has 3 aromatic rings. The van der Waals surface area contributed by atoms with Gasteiger partial charge in [0, 0.05) is 0 Å². The Morgan fingerprint density at radius 3 is 1.27 bits per heavy atom. The van der Waals surface area contributed by atoms with Crippen LogP contribution < -0.4 is 15.9 Å². The SMILES string of the molecule is BrCP(c1ccccc1)(c1ccccc1)(c1ccccc1)C1CCCC1. The van der Waals surface area contributed by atoms with E-state index in [4.69, 9.17) is 0 Å². The van der Waals surface area contributed by atoms with Crippen LogP contribution in [0, 0.1) is 0 Å². The Labute approximate surface area is 165 Å². The molecule has 0 spiro atoms. The number of alkyl halides is 1. The van der Waals surface area contributed by atoms with E-state index < -0.39 is 6.60 Å². The predicted molar refractivity (Wildman–Crippen MR) is 121 cm³/mol. The van der Waals surface area contributed by atoms with E-state index in [0.29, 0.717) is 5.66 Å². The number of halogens is 1. The van der Waals surface area contributed by atoms with Gasteiger partial charge in [-0.3, -0.25) is 0 Å². The third-order valence-corrected chi connectivity index (χ3v) is 16.6. The fourth-order valence-corrected chi connectivity index (χ4v) is 15.8. The number of hydrogen-bond acceptors (Lipinski definition) is 0.